The number of fused-ring (bicyclic) bond motifs is 1. The van der Waals surface area contributed by atoms with E-state index in [9.17, 15) is 0 Å². The molecule has 1 aliphatic heterocycles. The molecule has 0 radical (unpaired) electrons. The zero-order chi connectivity index (χ0) is 16.9. The molecule has 2 heterocycles. The number of nitrogen functional groups attached to an aromatic ring is 1. The minimum absolute atomic E-state index is 0.511. The van der Waals surface area contributed by atoms with Crippen molar-refractivity contribution in [3.8, 4) is 0 Å². The van der Waals surface area contributed by atoms with E-state index in [1.54, 1.807) is 0 Å². The van der Waals surface area contributed by atoms with Gasteiger partial charge in [-0.2, -0.15) is 0 Å². The third-order valence-electron chi connectivity index (χ3n) is 4.62. The van der Waals surface area contributed by atoms with E-state index in [1.807, 2.05) is 31.2 Å². The molecule has 0 saturated carbocycles. The van der Waals surface area contributed by atoms with Crippen LogP contribution < -0.4 is 5.73 Å². The van der Waals surface area contributed by atoms with E-state index in [-0.39, 0.29) is 0 Å². The van der Waals surface area contributed by atoms with Gasteiger partial charge in [-0.3, -0.25) is 9.80 Å². The molecule has 130 valence electrons. The predicted octanol–water partition coefficient (Wildman–Crippen LogP) is 1.75. The molecule has 6 nitrogen and oxygen atoms in total. The molecule has 1 saturated heterocycles. The summed E-state index contributed by atoms with van der Waals surface area (Å²) in [6.07, 6.45) is 0. The maximum Gasteiger partial charge on any atom is 0.145 e. The van der Waals surface area contributed by atoms with Gasteiger partial charge in [-0.1, -0.05) is 12.1 Å². The van der Waals surface area contributed by atoms with Crippen LogP contribution >= 0.6 is 0 Å². The predicted molar refractivity (Wildman–Crippen MR) is 96.8 cm³/mol. The molecule has 0 amide bonds. The minimum Gasteiger partial charge on any atom is -0.383 e. The number of rotatable bonds is 6. The SMILES string of the molecule is CCOCCN1CCN(Cc2nc(N)c3ccccc3n2)C[C@@H]1C. The van der Waals surface area contributed by atoms with Crippen molar-refractivity contribution in [2.45, 2.75) is 26.4 Å². The van der Waals surface area contributed by atoms with Gasteiger partial charge in [-0.25, -0.2) is 9.97 Å². The fourth-order valence-electron chi connectivity index (χ4n) is 3.29. The Hall–Kier alpha value is -1.76. The van der Waals surface area contributed by atoms with Crippen LogP contribution in [0.3, 0.4) is 0 Å². The highest BCUT2D eigenvalue weighted by Crippen LogP contribution is 2.18. The summed E-state index contributed by atoms with van der Waals surface area (Å²) >= 11 is 0. The van der Waals surface area contributed by atoms with Gasteiger partial charge in [0.2, 0.25) is 0 Å². The fourth-order valence-corrected chi connectivity index (χ4v) is 3.29. The minimum atomic E-state index is 0.511. The molecular formula is C18H27N5O. The summed E-state index contributed by atoms with van der Waals surface area (Å²) in [6.45, 7) is 10.7. The van der Waals surface area contributed by atoms with Crippen molar-refractivity contribution in [1.29, 1.82) is 0 Å². The van der Waals surface area contributed by atoms with Crippen LogP contribution in [0, 0.1) is 0 Å². The van der Waals surface area contributed by atoms with Crippen LogP contribution in [0.15, 0.2) is 24.3 Å². The molecule has 2 N–H and O–H groups in total. The van der Waals surface area contributed by atoms with E-state index in [2.05, 4.69) is 26.7 Å². The molecule has 0 unspecified atom stereocenters. The molecule has 1 aromatic carbocycles. The van der Waals surface area contributed by atoms with Gasteiger partial charge in [-0.05, 0) is 26.0 Å². The molecule has 0 spiro atoms. The third kappa shape index (κ3) is 4.01. The highest BCUT2D eigenvalue weighted by molar-refractivity contribution is 5.87. The van der Waals surface area contributed by atoms with Gasteiger partial charge in [0.15, 0.2) is 0 Å². The van der Waals surface area contributed by atoms with Gasteiger partial charge in [0.1, 0.15) is 11.6 Å². The summed E-state index contributed by atoms with van der Waals surface area (Å²) in [4.78, 5) is 14.1. The van der Waals surface area contributed by atoms with Crippen molar-refractivity contribution in [1.82, 2.24) is 19.8 Å². The summed E-state index contributed by atoms with van der Waals surface area (Å²) in [5.74, 6) is 1.38. The second-order valence-corrected chi connectivity index (χ2v) is 6.36. The summed E-state index contributed by atoms with van der Waals surface area (Å²) in [6, 6.07) is 8.42. The second kappa shape index (κ2) is 7.88. The quantitative estimate of drug-likeness (QED) is 0.815. The number of nitrogens with two attached hydrogens (primary N) is 1. The first-order chi connectivity index (χ1) is 11.7. The topological polar surface area (TPSA) is 67.5 Å². The molecule has 1 aliphatic rings. The number of benzene rings is 1. The van der Waals surface area contributed by atoms with Crippen molar-refractivity contribution in [2.24, 2.45) is 0 Å². The lowest BCUT2D eigenvalue weighted by Crippen LogP contribution is -2.52. The first-order valence-electron chi connectivity index (χ1n) is 8.72. The first kappa shape index (κ1) is 17.1. The number of aromatic nitrogens is 2. The highest BCUT2D eigenvalue weighted by atomic mass is 16.5. The number of para-hydroxylation sites is 1. The summed E-state index contributed by atoms with van der Waals surface area (Å²) in [7, 11) is 0. The molecule has 1 fully saturated rings. The second-order valence-electron chi connectivity index (χ2n) is 6.36. The molecule has 2 aromatic rings. The highest BCUT2D eigenvalue weighted by Gasteiger charge is 2.24. The number of hydrogen-bond donors (Lipinski definition) is 1. The molecular weight excluding hydrogens is 302 g/mol. The average molecular weight is 329 g/mol. The molecule has 6 heteroatoms. The largest absolute Gasteiger partial charge is 0.383 e. The summed E-state index contributed by atoms with van der Waals surface area (Å²) in [5.41, 5.74) is 7.01. The zero-order valence-electron chi connectivity index (χ0n) is 14.6. The Morgan fingerprint density at radius 1 is 1.25 bits per heavy atom. The van der Waals surface area contributed by atoms with Crippen molar-refractivity contribution < 1.29 is 4.74 Å². The van der Waals surface area contributed by atoms with E-state index < -0.39 is 0 Å². The van der Waals surface area contributed by atoms with E-state index >= 15 is 0 Å². The number of piperazine rings is 1. The normalized spacial score (nSPS) is 19.8. The van der Waals surface area contributed by atoms with Crippen LogP contribution in [0.25, 0.3) is 10.9 Å². The van der Waals surface area contributed by atoms with Gasteiger partial charge < -0.3 is 10.5 Å². The number of hydrogen-bond acceptors (Lipinski definition) is 6. The van der Waals surface area contributed by atoms with E-state index in [1.165, 1.54) is 0 Å². The van der Waals surface area contributed by atoms with Crippen LogP contribution in [0.5, 0.6) is 0 Å². The Kier molecular flexibility index (Phi) is 5.60. The van der Waals surface area contributed by atoms with Gasteiger partial charge >= 0.3 is 0 Å². The first-order valence-corrected chi connectivity index (χ1v) is 8.72. The Morgan fingerprint density at radius 2 is 2.08 bits per heavy atom. The zero-order valence-corrected chi connectivity index (χ0v) is 14.6. The lowest BCUT2D eigenvalue weighted by molar-refractivity contribution is 0.0458. The Morgan fingerprint density at radius 3 is 2.88 bits per heavy atom. The van der Waals surface area contributed by atoms with Crippen LogP contribution in [0.4, 0.5) is 5.82 Å². The average Bonchev–Trinajstić information content (AvgIpc) is 2.57. The number of ether oxygens (including phenoxy) is 1. The van der Waals surface area contributed by atoms with Gasteiger partial charge in [-0.15, -0.1) is 0 Å². The van der Waals surface area contributed by atoms with Crippen molar-refractivity contribution in [2.75, 3.05) is 45.1 Å². The van der Waals surface area contributed by atoms with Crippen LogP contribution in [0.2, 0.25) is 0 Å². The number of anilines is 1. The van der Waals surface area contributed by atoms with Crippen LogP contribution in [-0.4, -0.2) is 65.2 Å². The number of nitrogens with zero attached hydrogens (tertiary/aromatic N) is 4. The van der Waals surface area contributed by atoms with Gasteiger partial charge in [0, 0.05) is 44.2 Å². The van der Waals surface area contributed by atoms with E-state index in [0.29, 0.717) is 11.9 Å². The Balaban J connectivity index is 1.61. The van der Waals surface area contributed by atoms with Crippen LogP contribution in [-0.2, 0) is 11.3 Å². The Bertz CT molecular complexity index is 678. The van der Waals surface area contributed by atoms with Crippen molar-refractivity contribution in [3.05, 3.63) is 30.1 Å². The smallest absolute Gasteiger partial charge is 0.145 e. The standard InChI is InChI=1S/C18H27N5O/c1-3-24-11-10-23-9-8-22(12-14(23)2)13-17-20-16-7-5-4-6-15(16)18(19)21-17/h4-7,14H,3,8-13H2,1-2H3,(H2,19,20,21)/t14-/m0/s1. The lowest BCUT2D eigenvalue weighted by Gasteiger charge is -2.39. The van der Waals surface area contributed by atoms with Gasteiger partial charge in [0.25, 0.3) is 0 Å². The molecule has 1 aromatic heterocycles. The maximum absolute atomic E-state index is 6.09. The van der Waals surface area contributed by atoms with E-state index in [0.717, 1.165) is 62.7 Å². The van der Waals surface area contributed by atoms with Crippen LogP contribution in [0.1, 0.15) is 19.7 Å². The maximum atomic E-state index is 6.09. The molecule has 3 rings (SSSR count). The lowest BCUT2D eigenvalue weighted by atomic mass is 10.2. The molecule has 0 aliphatic carbocycles. The van der Waals surface area contributed by atoms with E-state index in [4.69, 9.17) is 10.5 Å². The summed E-state index contributed by atoms with van der Waals surface area (Å²) in [5, 5.41) is 0.926. The summed E-state index contributed by atoms with van der Waals surface area (Å²) < 4.78 is 5.47. The Labute approximate surface area is 143 Å². The fraction of sp³-hybridized carbons (Fsp3) is 0.556. The molecule has 24 heavy (non-hydrogen) atoms. The molecule has 0 bridgehead atoms. The monoisotopic (exact) mass is 329 g/mol. The van der Waals surface area contributed by atoms with Crippen molar-refractivity contribution >= 4 is 16.7 Å². The van der Waals surface area contributed by atoms with Gasteiger partial charge in [0.05, 0.1) is 18.7 Å². The molecule has 1 atom stereocenters. The third-order valence-corrected chi connectivity index (χ3v) is 4.62. The van der Waals surface area contributed by atoms with Crippen molar-refractivity contribution in [3.63, 3.8) is 0 Å².